The summed E-state index contributed by atoms with van der Waals surface area (Å²) in [5.41, 5.74) is 0. The van der Waals surface area contributed by atoms with Crippen LogP contribution in [0.15, 0.2) is 12.4 Å². The molecule has 0 amide bonds. The number of rotatable bonds is 5. The Morgan fingerprint density at radius 2 is 2.36 bits per heavy atom. The van der Waals surface area contributed by atoms with E-state index in [0.717, 1.165) is 13.0 Å². The van der Waals surface area contributed by atoms with Crippen LogP contribution in [0.5, 0.6) is 0 Å². The van der Waals surface area contributed by atoms with Gasteiger partial charge in [-0.05, 0) is 27.1 Å². The quantitative estimate of drug-likeness (QED) is 0.748. The molecule has 0 aliphatic heterocycles. The smallest absolute Gasteiger partial charge is 0.372 e. The van der Waals surface area contributed by atoms with Crippen molar-refractivity contribution in [1.29, 1.82) is 0 Å². The molecule has 0 saturated carbocycles. The van der Waals surface area contributed by atoms with Gasteiger partial charge in [0.2, 0.25) is 5.82 Å². The standard InChI is InChI=1S/C9H15N3O2/c1-11(2)5-3-6-12-7-4-10-8(12)9(13)14/h4,7H,3,5-6H2,1-2H3,(H,13,14). The lowest BCUT2D eigenvalue weighted by molar-refractivity contribution is 0.0678. The molecule has 78 valence electrons. The molecule has 5 nitrogen and oxygen atoms in total. The van der Waals surface area contributed by atoms with E-state index >= 15 is 0 Å². The molecule has 0 radical (unpaired) electrons. The number of hydrogen-bond acceptors (Lipinski definition) is 3. The molecule has 1 N–H and O–H groups in total. The molecule has 0 spiro atoms. The molecule has 1 heterocycles. The van der Waals surface area contributed by atoms with Crippen molar-refractivity contribution in [3.8, 4) is 0 Å². The number of hydrogen-bond donors (Lipinski definition) is 1. The minimum absolute atomic E-state index is 0.115. The van der Waals surface area contributed by atoms with E-state index in [2.05, 4.69) is 9.88 Å². The van der Waals surface area contributed by atoms with Gasteiger partial charge in [-0.15, -0.1) is 0 Å². The van der Waals surface area contributed by atoms with Crippen LogP contribution in [-0.2, 0) is 6.54 Å². The zero-order chi connectivity index (χ0) is 10.6. The van der Waals surface area contributed by atoms with Gasteiger partial charge >= 0.3 is 5.97 Å². The third-order valence-electron chi connectivity index (χ3n) is 1.91. The highest BCUT2D eigenvalue weighted by atomic mass is 16.4. The predicted octanol–water partition coefficient (Wildman–Crippen LogP) is 0.533. The van der Waals surface area contributed by atoms with E-state index in [4.69, 9.17) is 5.11 Å². The Morgan fingerprint density at radius 3 is 2.93 bits per heavy atom. The molecule has 1 aromatic rings. The lowest BCUT2D eigenvalue weighted by atomic mass is 10.4. The van der Waals surface area contributed by atoms with Crippen LogP contribution in [0.2, 0.25) is 0 Å². The van der Waals surface area contributed by atoms with Crippen molar-refractivity contribution in [3.05, 3.63) is 18.2 Å². The number of aryl methyl sites for hydroxylation is 1. The molecule has 0 aliphatic rings. The topological polar surface area (TPSA) is 58.4 Å². The van der Waals surface area contributed by atoms with E-state index in [1.165, 1.54) is 6.20 Å². The second kappa shape index (κ2) is 4.76. The first kappa shape index (κ1) is 10.7. The normalized spacial score (nSPS) is 10.8. The van der Waals surface area contributed by atoms with Crippen LogP contribution >= 0.6 is 0 Å². The molecule has 0 aliphatic carbocycles. The minimum Gasteiger partial charge on any atom is -0.475 e. The summed E-state index contributed by atoms with van der Waals surface area (Å²) >= 11 is 0. The Hall–Kier alpha value is -1.36. The van der Waals surface area contributed by atoms with E-state index in [9.17, 15) is 4.79 Å². The van der Waals surface area contributed by atoms with Gasteiger partial charge in [0, 0.05) is 18.9 Å². The van der Waals surface area contributed by atoms with Gasteiger partial charge in [0.05, 0.1) is 0 Å². The molecule has 0 aromatic carbocycles. The first-order valence-electron chi connectivity index (χ1n) is 4.50. The summed E-state index contributed by atoms with van der Waals surface area (Å²) in [5.74, 6) is -0.858. The van der Waals surface area contributed by atoms with Crippen LogP contribution in [0.1, 0.15) is 17.0 Å². The molecule has 0 atom stereocenters. The van der Waals surface area contributed by atoms with Crippen LogP contribution < -0.4 is 0 Å². The maximum Gasteiger partial charge on any atom is 0.372 e. The fraction of sp³-hybridized carbons (Fsp3) is 0.556. The van der Waals surface area contributed by atoms with E-state index in [1.807, 2.05) is 14.1 Å². The Balaban J connectivity index is 2.50. The summed E-state index contributed by atoms with van der Waals surface area (Å²) < 4.78 is 1.66. The second-order valence-electron chi connectivity index (χ2n) is 3.41. The molecule has 1 aromatic heterocycles. The summed E-state index contributed by atoms with van der Waals surface area (Å²) in [6.45, 7) is 1.64. The highest BCUT2D eigenvalue weighted by Gasteiger charge is 2.09. The van der Waals surface area contributed by atoms with Crippen LogP contribution in [-0.4, -0.2) is 46.2 Å². The molecular formula is C9H15N3O2. The summed E-state index contributed by atoms with van der Waals surface area (Å²) in [4.78, 5) is 16.5. The monoisotopic (exact) mass is 197 g/mol. The maximum atomic E-state index is 10.7. The first-order chi connectivity index (χ1) is 6.61. The van der Waals surface area contributed by atoms with E-state index in [1.54, 1.807) is 10.8 Å². The van der Waals surface area contributed by atoms with Gasteiger partial charge < -0.3 is 14.6 Å². The molecule has 0 saturated heterocycles. The van der Waals surface area contributed by atoms with E-state index in [-0.39, 0.29) is 5.82 Å². The average Bonchev–Trinajstić information content (AvgIpc) is 2.51. The van der Waals surface area contributed by atoms with Gasteiger partial charge in [-0.3, -0.25) is 0 Å². The lowest BCUT2D eigenvalue weighted by Crippen LogP contribution is -2.16. The Bertz CT molecular complexity index is 307. The van der Waals surface area contributed by atoms with Crippen molar-refractivity contribution in [2.24, 2.45) is 0 Å². The summed E-state index contributed by atoms with van der Waals surface area (Å²) in [7, 11) is 3.98. The number of imidazole rings is 1. The number of carboxylic acid groups (broad SMARTS) is 1. The number of aromatic carboxylic acids is 1. The van der Waals surface area contributed by atoms with Gasteiger partial charge in [0.15, 0.2) is 0 Å². The van der Waals surface area contributed by atoms with E-state index in [0.29, 0.717) is 6.54 Å². The van der Waals surface area contributed by atoms with Gasteiger partial charge in [-0.2, -0.15) is 0 Å². The SMILES string of the molecule is CN(C)CCCn1ccnc1C(=O)O. The number of nitrogens with zero attached hydrogens (tertiary/aromatic N) is 3. The third kappa shape index (κ3) is 2.85. The Morgan fingerprint density at radius 1 is 1.64 bits per heavy atom. The number of carboxylic acids is 1. The second-order valence-corrected chi connectivity index (χ2v) is 3.41. The van der Waals surface area contributed by atoms with Crippen molar-refractivity contribution in [1.82, 2.24) is 14.5 Å². The molecule has 0 unspecified atom stereocenters. The van der Waals surface area contributed by atoms with Gasteiger partial charge in [0.1, 0.15) is 0 Å². The minimum atomic E-state index is -0.972. The van der Waals surface area contributed by atoms with Crippen LogP contribution in [0, 0.1) is 0 Å². The Kier molecular flexibility index (Phi) is 3.64. The van der Waals surface area contributed by atoms with Crippen molar-refractivity contribution in [2.45, 2.75) is 13.0 Å². The third-order valence-corrected chi connectivity index (χ3v) is 1.91. The molecule has 5 heteroatoms. The van der Waals surface area contributed by atoms with Crippen molar-refractivity contribution >= 4 is 5.97 Å². The molecule has 0 fully saturated rings. The highest BCUT2D eigenvalue weighted by Crippen LogP contribution is 1.99. The van der Waals surface area contributed by atoms with Gasteiger partial charge in [0.25, 0.3) is 0 Å². The lowest BCUT2D eigenvalue weighted by Gasteiger charge is -2.09. The predicted molar refractivity (Wildman–Crippen MR) is 52.4 cm³/mol. The molecule has 1 rings (SSSR count). The molecule has 14 heavy (non-hydrogen) atoms. The van der Waals surface area contributed by atoms with Crippen molar-refractivity contribution in [3.63, 3.8) is 0 Å². The van der Waals surface area contributed by atoms with Crippen molar-refractivity contribution in [2.75, 3.05) is 20.6 Å². The molecule has 0 bridgehead atoms. The summed E-state index contributed by atoms with van der Waals surface area (Å²) in [6.07, 6.45) is 4.13. The highest BCUT2D eigenvalue weighted by molar-refractivity contribution is 5.83. The molecular weight excluding hydrogens is 182 g/mol. The van der Waals surface area contributed by atoms with Crippen LogP contribution in [0.25, 0.3) is 0 Å². The largest absolute Gasteiger partial charge is 0.475 e. The maximum absolute atomic E-state index is 10.7. The zero-order valence-corrected chi connectivity index (χ0v) is 8.47. The van der Waals surface area contributed by atoms with Crippen LogP contribution in [0.4, 0.5) is 0 Å². The summed E-state index contributed by atoms with van der Waals surface area (Å²) in [5, 5.41) is 8.77. The number of aromatic nitrogens is 2. The van der Waals surface area contributed by atoms with E-state index < -0.39 is 5.97 Å². The Labute approximate surface area is 83.0 Å². The van der Waals surface area contributed by atoms with Gasteiger partial charge in [-0.1, -0.05) is 0 Å². The number of carbonyl (C=O) groups is 1. The van der Waals surface area contributed by atoms with Crippen LogP contribution in [0.3, 0.4) is 0 Å². The fourth-order valence-electron chi connectivity index (χ4n) is 1.24. The first-order valence-corrected chi connectivity index (χ1v) is 4.50. The fourth-order valence-corrected chi connectivity index (χ4v) is 1.24. The van der Waals surface area contributed by atoms with Crippen molar-refractivity contribution < 1.29 is 9.90 Å². The average molecular weight is 197 g/mol. The zero-order valence-electron chi connectivity index (χ0n) is 8.47. The van der Waals surface area contributed by atoms with Gasteiger partial charge in [-0.25, -0.2) is 9.78 Å². The summed E-state index contributed by atoms with van der Waals surface area (Å²) in [6, 6.07) is 0.